The van der Waals surface area contributed by atoms with Gasteiger partial charge in [-0.2, -0.15) is 4.31 Å². The molecule has 0 saturated carbocycles. The number of aromatic nitrogens is 2. The van der Waals surface area contributed by atoms with E-state index in [9.17, 15) is 8.42 Å². The highest BCUT2D eigenvalue weighted by atomic mass is 32.2. The van der Waals surface area contributed by atoms with E-state index in [2.05, 4.69) is 39.1 Å². The molecule has 0 amide bonds. The summed E-state index contributed by atoms with van der Waals surface area (Å²) in [6, 6.07) is 23.4. The van der Waals surface area contributed by atoms with Crippen LogP contribution in [0, 0.1) is 0 Å². The average Bonchev–Trinajstić information content (AvgIpc) is 2.93. The number of piperidine rings is 1. The van der Waals surface area contributed by atoms with E-state index in [-0.39, 0.29) is 10.9 Å². The standard InChI is InChI=1S/C29H32N4O2S/c34-36(35,28-14-4-12-26-13-6-18-31-29(26)28)33(23-25-10-5-17-30-22-25)27-15-20-32(21-16-27)19-7-11-24-8-2-1-3-9-24/h1-6,8-10,12-14,17-18,22,27H,7,11,15-16,19-21,23H2. The number of fused-ring (bicyclic) bond motifs is 1. The molecule has 6 nitrogen and oxygen atoms in total. The van der Waals surface area contributed by atoms with Crippen LogP contribution in [-0.2, 0) is 23.0 Å². The summed E-state index contributed by atoms with van der Waals surface area (Å²) in [7, 11) is -3.77. The summed E-state index contributed by atoms with van der Waals surface area (Å²) < 4.78 is 29.9. The number of hydrogen-bond donors (Lipinski definition) is 0. The van der Waals surface area contributed by atoms with Crippen LogP contribution in [0.3, 0.4) is 0 Å². The molecule has 2 aromatic heterocycles. The summed E-state index contributed by atoms with van der Waals surface area (Å²) in [5, 5.41) is 0.827. The first-order chi connectivity index (χ1) is 17.6. The van der Waals surface area contributed by atoms with Crippen molar-refractivity contribution in [2.24, 2.45) is 0 Å². The monoisotopic (exact) mass is 500 g/mol. The lowest BCUT2D eigenvalue weighted by molar-refractivity contribution is 0.155. The number of rotatable bonds is 9. The van der Waals surface area contributed by atoms with Crippen LogP contribution in [0.25, 0.3) is 10.9 Å². The van der Waals surface area contributed by atoms with Gasteiger partial charge in [0.15, 0.2) is 0 Å². The first-order valence-corrected chi connectivity index (χ1v) is 14.1. The van der Waals surface area contributed by atoms with Crippen LogP contribution in [0.4, 0.5) is 0 Å². The van der Waals surface area contributed by atoms with Gasteiger partial charge in [0.05, 0.1) is 5.52 Å². The van der Waals surface area contributed by atoms with Crippen LogP contribution >= 0.6 is 0 Å². The lowest BCUT2D eigenvalue weighted by Gasteiger charge is -2.38. The Kier molecular flexibility index (Phi) is 7.70. The van der Waals surface area contributed by atoms with E-state index >= 15 is 0 Å². The van der Waals surface area contributed by atoms with Crippen LogP contribution in [0.1, 0.15) is 30.4 Å². The van der Waals surface area contributed by atoms with Crippen molar-refractivity contribution in [2.75, 3.05) is 19.6 Å². The Morgan fingerprint density at radius 2 is 1.61 bits per heavy atom. The molecule has 2 aromatic carbocycles. The van der Waals surface area contributed by atoms with Gasteiger partial charge in [-0.3, -0.25) is 9.97 Å². The second-order valence-electron chi connectivity index (χ2n) is 9.40. The Hall–Kier alpha value is -3.13. The molecular weight excluding hydrogens is 468 g/mol. The van der Waals surface area contributed by atoms with Crippen molar-refractivity contribution < 1.29 is 8.42 Å². The van der Waals surface area contributed by atoms with E-state index < -0.39 is 10.0 Å². The number of nitrogens with zero attached hydrogens (tertiary/aromatic N) is 4. The molecule has 3 heterocycles. The number of hydrogen-bond acceptors (Lipinski definition) is 5. The summed E-state index contributed by atoms with van der Waals surface area (Å²) in [4.78, 5) is 11.4. The Balaban J connectivity index is 1.33. The third kappa shape index (κ3) is 5.64. The molecule has 0 N–H and O–H groups in total. The largest absolute Gasteiger partial charge is 0.303 e. The van der Waals surface area contributed by atoms with Crippen LogP contribution in [0.5, 0.6) is 0 Å². The summed E-state index contributed by atoms with van der Waals surface area (Å²) in [5.41, 5.74) is 2.78. The predicted octanol–water partition coefficient (Wildman–Crippen LogP) is 4.92. The van der Waals surface area contributed by atoms with Gasteiger partial charge in [-0.15, -0.1) is 0 Å². The molecule has 7 heteroatoms. The zero-order chi connectivity index (χ0) is 24.8. The van der Waals surface area contributed by atoms with Crippen LogP contribution in [0.2, 0.25) is 0 Å². The molecule has 0 atom stereocenters. The molecule has 0 spiro atoms. The van der Waals surface area contributed by atoms with Gasteiger partial charge in [0.2, 0.25) is 10.0 Å². The van der Waals surface area contributed by atoms with Gasteiger partial charge >= 0.3 is 0 Å². The van der Waals surface area contributed by atoms with Gasteiger partial charge in [0, 0.05) is 36.6 Å². The fraction of sp³-hybridized carbons (Fsp3) is 0.310. The number of sulfonamides is 1. The predicted molar refractivity (Wildman–Crippen MR) is 143 cm³/mol. The van der Waals surface area contributed by atoms with Crippen LogP contribution in [0.15, 0.2) is 96.3 Å². The quantitative estimate of drug-likeness (QED) is 0.326. The Morgan fingerprint density at radius 3 is 2.39 bits per heavy atom. The van der Waals surface area contributed by atoms with Crippen LogP contribution in [-0.4, -0.2) is 53.3 Å². The van der Waals surface area contributed by atoms with E-state index in [4.69, 9.17) is 0 Å². The van der Waals surface area contributed by atoms with Crippen molar-refractivity contribution in [1.29, 1.82) is 0 Å². The third-order valence-corrected chi connectivity index (χ3v) is 8.92. The Bertz CT molecular complexity index is 1370. The SMILES string of the molecule is O=S(=O)(c1cccc2cccnc12)N(Cc1cccnc1)C1CCN(CCCc2ccccc2)CC1. The molecule has 186 valence electrons. The summed E-state index contributed by atoms with van der Waals surface area (Å²) in [5.74, 6) is 0. The van der Waals surface area contributed by atoms with Gasteiger partial charge in [0.25, 0.3) is 0 Å². The number of benzene rings is 2. The zero-order valence-electron chi connectivity index (χ0n) is 20.4. The second kappa shape index (κ2) is 11.3. The van der Waals surface area contributed by atoms with Gasteiger partial charge < -0.3 is 4.90 Å². The molecule has 1 fully saturated rings. The molecule has 1 aliphatic heterocycles. The van der Waals surface area contributed by atoms with E-state index in [0.717, 1.165) is 56.3 Å². The summed E-state index contributed by atoms with van der Waals surface area (Å²) >= 11 is 0. The minimum absolute atomic E-state index is 0.0699. The molecular formula is C29H32N4O2S. The summed E-state index contributed by atoms with van der Waals surface area (Å²) in [6.45, 7) is 3.13. The molecule has 0 bridgehead atoms. The highest BCUT2D eigenvalue weighted by molar-refractivity contribution is 7.89. The van der Waals surface area contributed by atoms with Gasteiger partial charge in [-0.25, -0.2) is 8.42 Å². The maximum absolute atomic E-state index is 14.1. The van der Waals surface area contributed by atoms with Crippen molar-refractivity contribution in [1.82, 2.24) is 19.2 Å². The van der Waals surface area contributed by atoms with E-state index in [1.807, 2.05) is 36.4 Å². The number of aryl methyl sites for hydroxylation is 1. The fourth-order valence-electron chi connectivity index (χ4n) is 5.08. The van der Waals surface area contributed by atoms with Crippen molar-refractivity contribution in [3.8, 4) is 0 Å². The molecule has 1 saturated heterocycles. The topological polar surface area (TPSA) is 66.4 Å². The van der Waals surface area contributed by atoms with Crippen LogP contribution < -0.4 is 0 Å². The van der Waals surface area contributed by atoms with E-state index in [1.165, 1.54) is 5.56 Å². The molecule has 0 radical (unpaired) electrons. The third-order valence-electron chi connectivity index (χ3n) is 6.99. The average molecular weight is 501 g/mol. The number of likely N-dealkylation sites (tertiary alicyclic amines) is 1. The van der Waals surface area contributed by atoms with Gasteiger partial charge in [0.1, 0.15) is 4.90 Å². The van der Waals surface area contributed by atoms with Crippen molar-refractivity contribution in [3.05, 3.63) is 103 Å². The summed E-state index contributed by atoms with van der Waals surface area (Å²) in [6.07, 6.45) is 8.91. The molecule has 0 aliphatic carbocycles. The Labute approximate surface area is 213 Å². The fourth-order valence-corrected chi connectivity index (χ4v) is 6.92. The lowest BCUT2D eigenvalue weighted by atomic mass is 10.0. The lowest BCUT2D eigenvalue weighted by Crippen LogP contribution is -2.47. The van der Waals surface area contributed by atoms with Crippen molar-refractivity contribution >= 4 is 20.9 Å². The number of pyridine rings is 2. The van der Waals surface area contributed by atoms with Gasteiger partial charge in [-0.1, -0.05) is 54.6 Å². The highest BCUT2D eigenvalue weighted by Crippen LogP contribution is 2.30. The number of para-hydroxylation sites is 1. The minimum atomic E-state index is -3.77. The minimum Gasteiger partial charge on any atom is -0.303 e. The first kappa shape index (κ1) is 24.6. The normalized spacial score (nSPS) is 15.5. The maximum Gasteiger partial charge on any atom is 0.245 e. The van der Waals surface area contributed by atoms with Gasteiger partial charge in [-0.05, 0) is 74.6 Å². The van der Waals surface area contributed by atoms with E-state index in [1.54, 1.807) is 35.0 Å². The second-order valence-corrected chi connectivity index (χ2v) is 11.3. The molecule has 4 aromatic rings. The Morgan fingerprint density at radius 1 is 0.861 bits per heavy atom. The maximum atomic E-state index is 14.1. The van der Waals surface area contributed by atoms with Crippen molar-refractivity contribution in [2.45, 2.75) is 43.2 Å². The molecule has 5 rings (SSSR count). The van der Waals surface area contributed by atoms with E-state index in [0.29, 0.717) is 12.1 Å². The first-order valence-electron chi connectivity index (χ1n) is 12.6. The molecule has 0 unspecified atom stereocenters. The molecule has 1 aliphatic rings. The van der Waals surface area contributed by atoms with Crippen molar-refractivity contribution in [3.63, 3.8) is 0 Å². The zero-order valence-corrected chi connectivity index (χ0v) is 21.2. The smallest absolute Gasteiger partial charge is 0.245 e. The molecule has 36 heavy (non-hydrogen) atoms. The highest BCUT2D eigenvalue weighted by Gasteiger charge is 2.35.